The average Bonchev–Trinajstić information content (AvgIpc) is 2.92. The topological polar surface area (TPSA) is 54.1 Å². The lowest BCUT2D eigenvalue weighted by Gasteiger charge is -2.15. The number of carbonyl (C=O) groups is 1. The Kier molecular flexibility index (Phi) is 5.41. The fraction of sp³-hybridized carbons (Fsp3) is 0.471. The smallest absolute Gasteiger partial charge is 0.220 e. The van der Waals surface area contributed by atoms with Gasteiger partial charge in [-0.25, -0.2) is 4.39 Å². The second kappa shape index (κ2) is 7.29. The van der Waals surface area contributed by atoms with E-state index in [1.165, 1.54) is 13.2 Å². The molecule has 0 radical (unpaired) electrons. The molecule has 2 rings (SSSR count). The Morgan fingerprint density at radius 3 is 2.82 bits per heavy atom. The number of halogens is 1. The third-order valence-corrected chi connectivity index (χ3v) is 3.94. The zero-order valence-electron chi connectivity index (χ0n) is 13.3. The van der Waals surface area contributed by atoms with Gasteiger partial charge in [0.15, 0.2) is 5.82 Å². The Morgan fingerprint density at radius 2 is 2.18 bits per heavy atom. The number of hydrogen-bond donors (Lipinski definition) is 2. The number of H-pyrrole nitrogens is 1. The predicted octanol–water partition coefficient (Wildman–Crippen LogP) is 3.73. The fourth-order valence-electron chi connectivity index (χ4n) is 2.67. The highest BCUT2D eigenvalue weighted by atomic mass is 19.1. The van der Waals surface area contributed by atoms with Crippen molar-refractivity contribution < 1.29 is 13.9 Å². The van der Waals surface area contributed by atoms with Crippen LogP contribution in [0.15, 0.2) is 18.3 Å². The van der Waals surface area contributed by atoms with Crippen molar-refractivity contribution >= 4 is 16.8 Å². The van der Waals surface area contributed by atoms with Gasteiger partial charge in [-0.15, -0.1) is 0 Å². The third-order valence-electron chi connectivity index (χ3n) is 3.94. The predicted molar refractivity (Wildman–Crippen MR) is 85.8 cm³/mol. The molecular weight excluding hydrogens is 283 g/mol. The first kappa shape index (κ1) is 16.3. The summed E-state index contributed by atoms with van der Waals surface area (Å²) in [6, 6.07) is 3.20. The van der Waals surface area contributed by atoms with Gasteiger partial charge in [0.1, 0.15) is 5.75 Å². The number of hydrogen-bond acceptors (Lipinski definition) is 2. The molecule has 0 bridgehead atoms. The van der Waals surface area contributed by atoms with E-state index < -0.39 is 0 Å². The molecule has 2 aromatic rings. The van der Waals surface area contributed by atoms with Crippen LogP contribution in [-0.4, -0.2) is 24.5 Å². The van der Waals surface area contributed by atoms with E-state index in [0.29, 0.717) is 24.2 Å². The molecule has 0 saturated carbocycles. The summed E-state index contributed by atoms with van der Waals surface area (Å²) in [6.45, 7) is 4.60. The van der Waals surface area contributed by atoms with Crippen LogP contribution < -0.4 is 10.1 Å². The SMILES string of the molecule is CCCC(=O)NCC(CC)c1c[nH]c2c(F)cc(OC)cc12. The van der Waals surface area contributed by atoms with Crippen molar-refractivity contribution in [2.24, 2.45) is 0 Å². The Labute approximate surface area is 130 Å². The molecule has 0 spiro atoms. The second-order valence-corrected chi connectivity index (χ2v) is 5.44. The van der Waals surface area contributed by atoms with Crippen molar-refractivity contribution in [2.75, 3.05) is 13.7 Å². The van der Waals surface area contributed by atoms with Crippen LogP contribution in [0, 0.1) is 5.82 Å². The molecule has 1 unspecified atom stereocenters. The minimum absolute atomic E-state index is 0.0598. The van der Waals surface area contributed by atoms with Gasteiger partial charge in [0.2, 0.25) is 5.91 Å². The van der Waals surface area contributed by atoms with Gasteiger partial charge in [0.05, 0.1) is 12.6 Å². The molecule has 4 nitrogen and oxygen atoms in total. The molecule has 120 valence electrons. The molecule has 1 heterocycles. The zero-order chi connectivity index (χ0) is 16.1. The van der Waals surface area contributed by atoms with Crippen LogP contribution in [0.1, 0.15) is 44.6 Å². The van der Waals surface area contributed by atoms with Crippen molar-refractivity contribution in [3.8, 4) is 5.75 Å². The number of amides is 1. The van der Waals surface area contributed by atoms with Gasteiger partial charge in [-0.05, 0) is 24.5 Å². The van der Waals surface area contributed by atoms with E-state index in [-0.39, 0.29) is 17.6 Å². The van der Waals surface area contributed by atoms with Crippen LogP contribution in [0.4, 0.5) is 4.39 Å². The van der Waals surface area contributed by atoms with E-state index in [1.807, 2.05) is 19.2 Å². The van der Waals surface area contributed by atoms with Gasteiger partial charge >= 0.3 is 0 Å². The summed E-state index contributed by atoms with van der Waals surface area (Å²) in [4.78, 5) is 14.6. The normalized spacial score (nSPS) is 12.4. The van der Waals surface area contributed by atoms with Crippen LogP contribution in [0.2, 0.25) is 0 Å². The molecule has 1 aromatic carbocycles. The van der Waals surface area contributed by atoms with Crippen molar-refractivity contribution in [2.45, 2.75) is 39.0 Å². The number of rotatable bonds is 7. The number of methoxy groups -OCH3 is 1. The van der Waals surface area contributed by atoms with E-state index in [0.717, 1.165) is 23.8 Å². The second-order valence-electron chi connectivity index (χ2n) is 5.44. The molecule has 0 aliphatic rings. The van der Waals surface area contributed by atoms with Gasteiger partial charge in [-0.3, -0.25) is 4.79 Å². The molecule has 22 heavy (non-hydrogen) atoms. The number of aromatic nitrogens is 1. The number of nitrogens with one attached hydrogen (secondary N) is 2. The fourth-order valence-corrected chi connectivity index (χ4v) is 2.67. The van der Waals surface area contributed by atoms with Crippen LogP contribution in [-0.2, 0) is 4.79 Å². The van der Waals surface area contributed by atoms with Crippen molar-refractivity contribution in [1.82, 2.24) is 10.3 Å². The summed E-state index contributed by atoms with van der Waals surface area (Å²) < 4.78 is 19.2. The van der Waals surface area contributed by atoms with Crippen molar-refractivity contribution in [1.29, 1.82) is 0 Å². The summed E-state index contributed by atoms with van der Waals surface area (Å²) >= 11 is 0. The number of ether oxygens (including phenoxy) is 1. The molecule has 0 aliphatic heterocycles. The van der Waals surface area contributed by atoms with Crippen LogP contribution >= 0.6 is 0 Å². The molecule has 5 heteroatoms. The first-order valence-corrected chi connectivity index (χ1v) is 7.71. The van der Waals surface area contributed by atoms with Crippen LogP contribution in [0.25, 0.3) is 10.9 Å². The minimum Gasteiger partial charge on any atom is -0.497 e. The average molecular weight is 306 g/mol. The molecule has 1 atom stereocenters. The first-order chi connectivity index (χ1) is 10.6. The molecule has 0 fully saturated rings. The van der Waals surface area contributed by atoms with Crippen molar-refractivity contribution in [3.63, 3.8) is 0 Å². The lowest BCUT2D eigenvalue weighted by atomic mass is 9.95. The van der Waals surface area contributed by atoms with Gasteiger partial charge in [0.25, 0.3) is 0 Å². The van der Waals surface area contributed by atoms with Gasteiger partial charge in [-0.1, -0.05) is 13.8 Å². The van der Waals surface area contributed by atoms with E-state index in [4.69, 9.17) is 4.74 Å². The maximum atomic E-state index is 14.0. The third kappa shape index (κ3) is 3.40. The Hall–Kier alpha value is -2.04. The van der Waals surface area contributed by atoms with Crippen LogP contribution in [0.3, 0.4) is 0 Å². The van der Waals surface area contributed by atoms with Gasteiger partial charge in [0, 0.05) is 36.5 Å². The quantitative estimate of drug-likeness (QED) is 0.819. The standard InChI is InChI=1S/C17H23FN2O2/c1-4-6-16(21)19-9-11(5-2)14-10-20-17-13(14)7-12(22-3)8-15(17)18/h7-8,10-11,20H,4-6,9H2,1-3H3,(H,19,21). The molecule has 1 aromatic heterocycles. The maximum absolute atomic E-state index is 14.0. The number of benzene rings is 1. The summed E-state index contributed by atoms with van der Waals surface area (Å²) in [5.74, 6) is 0.367. The number of fused-ring (bicyclic) bond motifs is 1. The van der Waals surface area contributed by atoms with Crippen LogP contribution in [0.5, 0.6) is 5.75 Å². The Bertz CT molecular complexity index is 651. The number of carbonyl (C=O) groups excluding carboxylic acids is 1. The molecule has 0 aliphatic carbocycles. The summed E-state index contributed by atoms with van der Waals surface area (Å²) in [5.41, 5.74) is 1.49. The highest BCUT2D eigenvalue weighted by Crippen LogP contribution is 2.32. The monoisotopic (exact) mass is 306 g/mol. The van der Waals surface area contributed by atoms with E-state index in [2.05, 4.69) is 17.2 Å². The zero-order valence-corrected chi connectivity index (χ0v) is 13.3. The summed E-state index contributed by atoms with van der Waals surface area (Å²) in [6.07, 6.45) is 4.05. The molecular formula is C17H23FN2O2. The minimum atomic E-state index is -0.328. The van der Waals surface area contributed by atoms with E-state index in [1.54, 1.807) is 0 Å². The number of aromatic amines is 1. The summed E-state index contributed by atoms with van der Waals surface area (Å²) in [5, 5.41) is 3.77. The van der Waals surface area contributed by atoms with E-state index >= 15 is 0 Å². The van der Waals surface area contributed by atoms with E-state index in [9.17, 15) is 9.18 Å². The Balaban J connectivity index is 2.27. The largest absolute Gasteiger partial charge is 0.497 e. The van der Waals surface area contributed by atoms with Gasteiger partial charge in [-0.2, -0.15) is 0 Å². The summed E-state index contributed by atoms with van der Waals surface area (Å²) in [7, 11) is 1.52. The molecule has 0 saturated heterocycles. The highest BCUT2D eigenvalue weighted by Gasteiger charge is 2.17. The lowest BCUT2D eigenvalue weighted by Crippen LogP contribution is -2.27. The lowest BCUT2D eigenvalue weighted by molar-refractivity contribution is -0.121. The first-order valence-electron chi connectivity index (χ1n) is 7.71. The highest BCUT2D eigenvalue weighted by molar-refractivity contribution is 5.86. The van der Waals surface area contributed by atoms with Crippen molar-refractivity contribution in [3.05, 3.63) is 29.7 Å². The molecule has 1 amide bonds. The molecule has 2 N–H and O–H groups in total. The van der Waals surface area contributed by atoms with Gasteiger partial charge < -0.3 is 15.0 Å². The maximum Gasteiger partial charge on any atom is 0.220 e. The Morgan fingerprint density at radius 1 is 1.41 bits per heavy atom.